The molecule has 2 rings (SSSR count). The zero-order chi connectivity index (χ0) is 13.1. The third kappa shape index (κ3) is 2.78. The lowest BCUT2D eigenvalue weighted by Crippen LogP contribution is -2.26. The molecule has 1 aliphatic heterocycles. The predicted molar refractivity (Wildman–Crippen MR) is 69.9 cm³/mol. The normalized spacial score (nSPS) is 21.2. The van der Waals surface area contributed by atoms with E-state index in [0.717, 1.165) is 12.0 Å². The molecule has 0 aliphatic carbocycles. The molecule has 96 valence electrons. The Balaban J connectivity index is 2.26. The minimum atomic E-state index is -0.206. The standard InChI is InChI=1S/C15H19NO2/c1-10(2)8-12(11-6-4-3-5-7-11)13-9-14(17)16-15(13)18/h3-7,10,12-13H,8-9H2,1-2H3,(H,16,17,18). The van der Waals surface area contributed by atoms with Crippen LogP contribution in [0.1, 0.15) is 38.2 Å². The molecule has 1 aromatic rings. The van der Waals surface area contributed by atoms with Crippen LogP contribution < -0.4 is 5.32 Å². The van der Waals surface area contributed by atoms with E-state index in [4.69, 9.17) is 0 Å². The van der Waals surface area contributed by atoms with Crippen LogP contribution in [0.15, 0.2) is 30.3 Å². The smallest absolute Gasteiger partial charge is 0.230 e. The van der Waals surface area contributed by atoms with Crippen molar-refractivity contribution in [3.63, 3.8) is 0 Å². The molecule has 3 heteroatoms. The van der Waals surface area contributed by atoms with Gasteiger partial charge in [-0.15, -0.1) is 0 Å². The van der Waals surface area contributed by atoms with Crippen LogP contribution in [0.4, 0.5) is 0 Å². The summed E-state index contributed by atoms with van der Waals surface area (Å²) in [5, 5.41) is 2.41. The third-order valence-corrected chi connectivity index (χ3v) is 3.44. The first-order chi connectivity index (χ1) is 8.58. The van der Waals surface area contributed by atoms with Crippen molar-refractivity contribution in [1.29, 1.82) is 0 Å². The van der Waals surface area contributed by atoms with Crippen LogP contribution in [0.25, 0.3) is 0 Å². The van der Waals surface area contributed by atoms with Gasteiger partial charge in [0.1, 0.15) is 0 Å². The Labute approximate surface area is 108 Å². The van der Waals surface area contributed by atoms with Gasteiger partial charge in [-0.25, -0.2) is 0 Å². The van der Waals surface area contributed by atoms with Gasteiger partial charge in [0.15, 0.2) is 0 Å². The van der Waals surface area contributed by atoms with E-state index in [9.17, 15) is 9.59 Å². The summed E-state index contributed by atoms with van der Waals surface area (Å²) in [5.41, 5.74) is 1.15. The Bertz CT molecular complexity index is 439. The number of hydrogen-bond acceptors (Lipinski definition) is 2. The second kappa shape index (κ2) is 5.34. The van der Waals surface area contributed by atoms with E-state index < -0.39 is 0 Å². The summed E-state index contributed by atoms with van der Waals surface area (Å²) in [6.45, 7) is 4.29. The molecular weight excluding hydrogens is 226 g/mol. The summed E-state index contributed by atoms with van der Waals surface area (Å²) in [5.74, 6) is 0.169. The molecule has 2 unspecified atom stereocenters. The van der Waals surface area contributed by atoms with E-state index >= 15 is 0 Å². The number of hydrogen-bond donors (Lipinski definition) is 1. The molecule has 2 atom stereocenters. The van der Waals surface area contributed by atoms with Crippen molar-refractivity contribution in [2.75, 3.05) is 0 Å². The van der Waals surface area contributed by atoms with Crippen LogP contribution >= 0.6 is 0 Å². The van der Waals surface area contributed by atoms with Crippen LogP contribution in [-0.2, 0) is 9.59 Å². The molecule has 1 aromatic carbocycles. The second-order valence-corrected chi connectivity index (χ2v) is 5.37. The molecular formula is C15H19NO2. The maximum absolute atomic E-state index is 11.8. The van der Waals surface area contributed by atoms with Crippen molar-refractivity contribution in [1.82, 2.24) is 5.32 Å². The van der Waals surface area contributed by atoms with Crippen LogP contribution in [0.5, 0.6) is 0 Å². The van der Waals surface area contributed by atoms with Crippen molar-refractivity contribution in [2.45, 2.75) is 32.6 Å². The molecule has 1 heterocycles. The first kappa shape index (κ1) is 12.8. The van der Waals surface area contributed by atoms with E-state index in [-0.39, 0.29) is 23.7 Å². The van der Waals surface area contributed by atoms with Gasteiger partial charge in [0.25, 0.3) is 0 Å². The molecule has 0 spiro atoms. The highest BCUT2D eigenvalue weighted by Gasteiger charge is 2.37. The molecule has 1 aliphatic rings. The topological polar surface area (TPSA) is 46.2 Å². The maximum atomic E-state index is 11.8. The van der Waals surface area contributed by atoms with Crippen molar-refractivity contribution in [2.24, 2.45) is 11.8 Å². The van der Waals surface area contributed by atoms with E-state index in [1.54, 1.807) is 0 Å². The Hall–Kier alpha value is -1.64. The molecule has 0 aromatic heterocycles. The monoisotopic (exact) mass is 245 g/mol. The van der Waals surface area contributed by atoms with Crippen molar-refractivity contribution < 1.29 is 9.59 Å². The first-order valence-electron chi connectivity index (χ1n) is 6.46. The maximum Gasteiger partial charge on any atom is 0.230 e. The van der Waals surface area contributed by atoms with Crippen molar-refractivity contribution in [3.8, 4) is 0 Å². The minimum Gasteiger partial charge on any atom is -0.296 e. The fourth-order valence-corrected chi connectivity index (χ4v) is 2.64. The molecule has 1 saturated heterocycles. The number of amides is 2. The van der Waals surface area contributed by atoms with Crippen molar-refractivity contribution in [3.05, 3.63) is 35.9 Å². The summed E-state index contributed by atoms with van der Waals surface area (Å²) in [6.07, 6.45) is 1.25. The zero-order valence-electron chi connectivity index (χ0n) is 10.8. The van der Waals surface area contributed by atoms with Crippen LogP contribution in [-0.4, -0.2) is 11.8 Å². The number of benzene rings is 1. The van der Waals surface area contributed by atoms with Gasteiger partial charge in [-0.05, 0) is 23.8 Å². The molecule has 18 heavy (non-hydrogen) atoms. The number of nitrogens with one attached hydrogen (secondary N) is 1. The van der Waals surface area contributed by atoms with Crippen molar-refractivity contribution >= 4 is 11.8 Å². The SMILES string of the molecule is CC(C)CC(c1ccccc1)C1CC(=O)NC1=O. The fraction of sp³-hybridized carbons (Fsp3) is 0.467. The molecule has 1 fully saturated rings. The van der Waals surface area contributed by atoms with Gasteiger partial charge in [-0.3, -0.25) is 14.9 Å². The highest BCUT2D eigenvalue weighted by Crippen LogP contribution is 2.35. The average molecular weight is 245 g/mol. The summed E-state index contributed by atoms with van der Waals surface area (Å²) >= 11 is 0. The molecule has 0 saturated carbocycles. The van der Waals surface area contributed by atoms with E-state index in [1.165, 1.54) is 0 Å². The fourth-order valence-electron chi connectivity index (χ4n) is 2.64. The van der Waals surface area contributed by atoms with Gasteiger partial charge in [-0.1, -0.05) is 44.2 Å². The molecule has 3 nitrogen and oxygen atoms in total. The Morgan fingerprint density at radius 2 is 1.89 bits per heavy atom. The average Bonchev–Trinajstić information content (AvgIpc) is 2.66. The Morgan fingerprint density at radius 1 is 1.22 bits per heavy atom. The van der Waals surface area contributed by atoms with Gasteiger partial charge in [0, 0.05) is 6.42 Å². The lowest BCUT2D eigenvalue weighted by Gasteiger charge is -2.23. The number of carbonyl (C=O) groups is 2. The highest BCUT2D eigenvalue weighted by molar-refractivity contribution is 6.03. The summed E-state index contributed by atoms with van der Waals surface area (Å²) in [6, 6.07) is 10.0. The summed E-state index contributed by atoms with van der Waals surface area (Å²) in [4.78, 5) is 23.2. The lowest BCUT2D eigenvalue weighted by molar-refractivity contribution is -0.126. The molecule has 2 amide bonds. The van der Waals surface area contributed by atoms with Crippen LogP contribution in [0.2, 0.25) is 0 Å². The molecule has 0 radical (unpaired) electrons. The molecule has 0 bridgehead atoms. The van der Waals surface area contributed by atoms with Crippen LogP contribution in [0.3, 0.4) is 0 Å². The highest BCUT2D eigenvalue weighted by atomic mass is 16.2. The second-order valence-electron chi connectivity index (χ2n) is 5.37. The summed E-state index contributed by atoms with van der Waals surface area (Å²) < 4.78 is 0. The van der Waals surface area contributed by atoms with E-state index in [2.05, 4.69) is 19.2 Å². The van der Waals surface area contributed by atoms with E-state index in [0.29, 0.717) is 12.3 Å². The third-order valence-electron chi connectivity index (χ3n) is 3.44. The lowest BCUT2D eigenvalue weighted by atomic mass is 9.79. The summed E-state index contributed by atoms with van der Waals surface area (Å²) in [7, 11) is 0. The Morgan fingerprint density at radius 3 is 2.39 bits per heavy atom. The number of imide groups is 1. The van der Waals surface area contributed by atoms with Gasteiger partial charge < -0.3 is 0 Å². The van der Waals surface area contributed by atoms with Gasteiger partial charge in [0.05, 0.1) is 5.92 Å². The number of carbonyl (C=O) groups excluding carboxylic acids is 2. The minimum absolute atomic E-state index is 0.116. The number of rotatable bonds is 4. The Kier molecular flexibility index (Phi) is 3.80. The largest absolute Gasteiger partial charge is 0.296 e. The predicted octanol–water partition coefficient (Wildman–Crippen LogP) is 2.48. The first-order valence-corrected chi connectivity index (χ1v) is 6.46. The van der Waals surface area contributed by atoms with Crippen LogP contribution in [0, 0.1) is 11.8 Å². The van der Waals surface area contributed by atoms with Gasteiger partial charge >= 0.3 is 0 Å². The van der Waals surface area contributed by atoms with E-state index in [1.807, 2.05) is 30.3 Å². The van der Waals surface area contributed by atoms with Gasteiger partial charge in [-0.2, -0.15) is 0 Å². The van der Waals surface area contributed by atoms with Gasteiger partial charge in [0.2, 0.25) is 11.8 Å². The zero-order valence-corrected chi connectivity index (χ0v) is 10.8. The quantitative estimate of drug-likeness (QED) is 0.828. The molecule has 1 N–H and O–H groups in total.